The van der Waals surface area contributed by atoms with Gasteiger partial charge in [-0.15, -0.1) is 0 Å². The molecule has 16 heavy (non-hydrogen) atoms. The summed E-state index contributed by atoms with van der Waals surface area (Å²) < 4.78 is 13.2. The molecule has 0 bridgehead atoms. The molecular formula is C13H11ClFN. The van der Waals surface area contributed by atoms with Crippen molar-refractivity contribution in [2.24, 2.45) is 0 Å². The van der Waals surface area contributed by atoms with Crippen LogP contribution in [0, 0.1) is 12.7 Å². The predicted octanol–water partition coefficient (Wildman–Crippen LogP) is 4.04. The molecule has 2 rings (SSSR count). The van der Waals surface area contributed by atoms with Gasteiger partial charge in [0.25, 0.3) is 0 Å². The summed E-state index contributed by atoms with van der Waals surface area (Å²) in [5.41, 5.74) is 8.79. The summed E-state index contributed by atoms with van der Waals surface area (Å²) in [5, 5.41) is 0.536. The van der Waals surface area contributed by atoms with Crippen LogP contribution in [0.2, 0.25) is 5.02 Å². The highest BCUT2D eigenvalue weighted by molar-refractivity contribution is 6.33. The minimum Gasteiger partial charge on any atom is -0.399 e. The largest absolute Gasteiger partial charge is 0.399 e. The summed E-state index contributed by atoms with van der Waals surface area (Å²) in [6.07, 6.45) is 0. The van der Waals surface area contributed by atoms with Crippen molar-refractivity contribution in [3.8, 4) is 11.1 Å². The lowest BCUT2D eigenvalue weighted by Gasteiger charge is -2.08. The van der Waals surface area contributed by atoms with Crippen LogP contribution in [0.5, 0.6) is 0 Å². The Hall–Kier alpha value is -1.54. The van der Waals surface area contributed by atoms with E-state index in [0.29, 0.717) is 10.7 Å². The number of halogens is 2. The Bertz CT molecular complexity index is 537. The highest BCUT2D eigenvalue weighted by Crippen LogP contribution is 2.32. The quantitative estimate of drug-likeness (QED) is 0.742. The van der Waals surface area contributed by atoms with Gasteiger partial charge >= 0.3 is 0 Å². The molecule has 0 aromatic heterocycles. The summed E-state index contributed by atoms with van der Waals surface area (Å²) in [6.45, 7) is 1.92. The van der Waals surface area contributed by atoms with Crippen LogP contribution >= 0.6 is 11.6 Å². The summed E-state index contributed by atoms with van der Waals surface area (Å²) in [7, 11) is 0. The van der Waals surface area contributed by atoms with Crippen molar-refractivity contribution in [3.05, 3.63) is 52.8 Å². The van der Waals surface area contributed by atoms with Gasteiger partial charge in [0.05, 0.1) is 5.02 Å². The van der Waals surface area contributed by atoms with Gasteiger partial charge in [-0.2, -0.15) is 0 Å². The number of benzene rings is 2. The van der Waals surface area contributed by atoms with Crippen LogP contribution in [0.15, 0.2) is 36.4 Å². The second-order valence-corrected chi connectivity index (χ2v) is 4.11. The SMILES string of the molecule is Cc1ccc(F)cc1-c1ccc(N)cc1Cl. The lowest BCUT2D eigenvalue weighted by molar-refractivity contribution is 0.628. The van der Waals surface area contributed by atoms with Crippen LogP contribution in [0.25, 0.3) is 11.1 Å². The Kier molecular flexibility index (Phi) is 2.84. The number of anilines is 1. The molecule has 0 saturated heterocycles. The molecule has 0 aliphatic carbocycles. The third kappa shape index (κ3) is 2.02. The van der Waals surface area contributed by atoms with Crippen molar-refractivity contribution in [2.45, 2.75) is 6.92 Å². The molecule has 0 saturated carbocycles. The van der Waals surface area contributed by atoms with Gasteiger partial charge in [-0.1, -0.05) is 23.7 Å². The molecule has 0 heterocycles. The zero-order valence-electron chi connectivity index (χ0n) is 8.80. The van der Waals surface area contributed by atoms with E-state index >= 15 is 0 Å². The Morgan fingerprint density at radius 2 is 1.81 bits per heavy atom. The molecule has 0 aliphatic heterocycles. The molecule has 0 aliphatic rings. The van der Waals surface area contributed by atoms with E-state index in [0.717, 1.165) is 16.7 Å². The molecule has 0 unspecified atom stereocenters. The summed E-state index contributed by atoms with van der Waals surface area (Å²) in [6, 6.07) is 9.88. The molecule has 1 nitrogen and oxygen atoms in total. The smallest absolute Gasteiger partial charge is 0.123 e. The topological polar surface area (TPSA) is 26.0 Å². The Morgan fingerprint density at radius 1 is 1.06 bits per heavy atom. The maximum absolute atomic E-state index is 13.2. The Balaban J connectivity index is 2.62. The van der Waals surface area contributed by atoms with E-state index in [1.165, 1.54) is 12.1 Å². The van der Waals surface area contributed by atoms with Gasteiger partial charge in [0.1, 0.15) is 5.82 Å². The highest BCUT2D eigenvalue weighted by Gasteiger charge is 2.07. The molecule has 0 spiro atoms. The average Bonchev–Trinajstić information content (AvgIpc) is 2.22. The van der Waals surface area contributed by atoms with E-state index in [-0.39, 0.29) is 5.82 Å². The summed E-state index contributed by atoms with van der Waals surface area (Å²) in [5.74, 6) is -0.270. The van der Waals surface area contributed by atoms with E-state index in [2.05, 4.69) is 0 Å². The first-order chi connectivity index (χ1) is 7.58. The van der Waals surface area contributed by atoms with Gasteiger partial charge in [0, 0.05) is 11.3 Å². The van der Waals surface area contributed by atoms with Gasteiger partial charge in [-0.05, 0) is 42.3 Å². The molecule has 2 aromatic carbocycles. The number of aryl methyl sites for hydroxylation is 1. The molecule has 3 heteroatoms. The fraction of sp³-hybridized carbons (Fsp3) is 0.0769. The fourth-order valence-corrected chi connectivity index (χ4v) is 1.92. The van der Waals surface area contributed by atoms with Gasteiger partial charge in [0.15, 0.2) is 0 Å². The summed E-state index contributed by atoms with van der Waals surface area (Å²) in [4.78, 5) is 0. The first-order valence-corrected chi connectivity index (χ1v) is 5.27. The van der Waals surface area contributed by atoms with Crippen molar-refractivity contribution >= 4 is 17.3 Å². The number of nitrogen functional groups attached to an aromatic ring is 1. The van der Waals surface area contributed by atoms with Gasteiger partial charge in [-0.25, -0.2) is 4.39 Å². The van der Waals surface area contributed by atoms with E-state index in [9.17, 15) is 4.39 Å². The van der Waals surface area contributed by atoms with Crippen LogP contribution in [-0.2, 0) is 0 Å². The first kappa shape index (κ1) is 11.0. The van der Waals surface area contributed by atoms with Crippen molar-refractivity contribution in [1.29, 1.82) is 0 Å². The van der Waals surface area contributed by atoms with Crippen molar-refractivity contribution < 1.29 is 4.39 Å². The third-order valence-electron chi connectivity index (χ3n) is 2.48. The van der Waals surface area contributed by atoms with Gasteiger partial charge < -0.3 is 5.73 Å². The maximum Gasteiger partial charge on any atom is 0.123 e. The molecule has 82 valence electrons. The van der Waals surface area contributed by atoms with Crippen LogP contribution in [0.4, 0.5) is 10.1 Å². The van der Waals surface area contributed by atoms with Crippen molar-refractivity contribution in [2.75, 3.05) is 5.73 Å². The highest BCUT2D eigenvalue weighted by atomic mass is 35.5. The number of nitrogens with two attached hydrogens (primary N) is 1. The molecule has 0 fully saturated rings. The van der Waals surface area contributed by atoms with Crippen LogP contribution < -0.4 is 5.73 Å². The zero-order chi connectivity index (χ0) is 11.7. The Labute approximate surface area is 98.7 Å². The normalized spacial score (nSPS) is 10.4. The lowest BCUT2D eigenvalue weighted by Crippen LogP contribution is -1.89. The predicted molar refractivity (Wildman–Crippen MR) is 66.0 cm³/mol. The number of hydrogen-bond donors (Lipinski definition) is 1. The zero-order valence-corrected chi connectivity index (χ0v) is 9.55. The van der Waals surface area contributed by atoms with E-state index in [4.69, 9.17) is 17.3 Å². The third-order valence-corrected chi connectivity index (χ3v) is 2.80. The molecule has 0 atom stereocenters. The minimum absolute atomic E-state index is 0.270. The average molecular weight is 236 g/mol. The molecule has 2 aromatic rings. The van der Waals surface area contributed by atoms with E-state index in [1.54, 1.807) is 24.3 Å². The molecular weight excluding hydrogens is 225 g/mol. The Morgan fingerprint density at radius 3 is 2.50 bits per heavy atom. The number of hydrogen-bond acceptors (Lipinski definition) is 1. The van der Waals surface area contributed by atoms with Crippen molar-refractivity contribution in [3.63, 3.8) is 0 Å². The summed E-state index contributed by atoms with van der Waals surface area (Å²) >= 11 is 6.09. The minimum atomic E-state index is -0.270. The van der Waals surface area contributed by atoms with Gasteiger partial charge in [-0.3, -0.25) is 0 Å². The van der Waals surface area contributed by atoms with Crippen LogP contribution in [-0.4, -0.2) is 0 Å². The van der Waals surface area contributed by atoms with Crippen molar-refractivity contribution in [1.82, 2.24) is 0 Å². The lowest BCUT2D eigenvalue weighted by atomic mass is 10.0. The molecule has 0 amide bonds. The van der Waals surface area contributed by atoms with E-state index in [1.807, 2.05) is 6.92 Å². The second kappa shape index (κ2) is 4.14. The number of rotatable bonds is 1. The maximum atomic E-state index is 13.2. The van der Waals surface area contributed by atoms with Crippen LogP contribution in [0.3, 0.4) is 0 Å². The second-order valence-electron chi connectivity index (χ2n) is 3.70. The van der Waals surface area contributed by atoms with Gasteiger partial charge in [0.2, 0.25) is 0 Å². The van der Waals surface area contributed by atoms with E-state index < -0.39 is 0 Å². The molecule has 2 N–H and O–H groups in total. The molecule has 0 radical (unpaired) electrons. The fourth-order valence-electron chi connectivity index (χ4n) is 1.63. The monoisotopic (exact) mass is 235 g/mol. The first-order valence-electron chi connectivity index (χ1n) is 4.89. The standard InChI is InChI=1S/C13H11ClFN/c1-8-2-3-9(15)6-12(8)11-5-4-10(16)7-13(11)14/h2-7H,16H2,1H3. The van der Waals surface area contributed by atoms with Crippen LogP contribution in [0.1, 0.15) is 5.56 Å².